The Bertz CT molecular complexity index is 2210. The van der Waals surface area contributed by atoms with Crippen LogP contribution in [-0.4, -0.2) is 68.3 Å². The minimum atomic E-state index is -0.641. The molecule has 7 rings (SSSR count). The molecule has 13 nitrogen and oxygen atoms in total. The molecular weight excluding hydrogens is 734 g/mol. The Morgan fingerprint density at radius 1 is 1.00 bits per heavy atom. The fourth-order valence-electron chi connectivity index (χ4n) is 8.52. The number of halogens is 1. The normalized spacial score (nSPS) is 20.8. The molecule has 4 amide bonds. The first-order chi connectivity index (χ1) is 26.8. The van der Waals surface area contributed by atoms with Crippen molar-refractivity contribution in [2.24, 2.45) is 10.8 Å². The van der Waals surface area contributed by atoms with Gasteiger partial charge in [0.1, 0.15) is 23.6 Å². The molecule has 0 radical (unpaired) electrons. The van der Waals surface area contributed by atoms with Gasteiger partial charge in [-0.1, -0.05) is 50.6 Å². The maximum absolute atomic E-state index is 13.4. The summed E-state index contributed by atoms with van der Waals surface area (Å²) in [6, 6.07) is 16.9. The van der Waals surface area contributed by atoms with Gasteiger partial charge in [-0.05, 0) is 92.3 Å². The molecule has 1 atom stereocenters. The number of aryl methyl sites for hydroxylation is 1. The quantitative estimate of drug-likeness (QED) is 0.0873. The van der Waals surface area contributed by atoms with Crippen molar-refractivity contribution >= 4 is 40.9 Å². The smallest absolute Gasteiger partial charge is 0.255 e. The van der Waals surface area contributed by atoms with Gasteiger partial charge in [0.25, 0.3) is 11.8 Å². The molecule has 1 aliphatic carbocycles. The molecule has 1 saturated carbocycles. The van der Waals surface area contributed by atoms with Gasteiger partial charge in [0.2, 0.25) is 17.5 Å². The molecule has 3 aliphatic rings. The summed E-state index contributed by atoms with van der Waals surface area (Å²) in [5.74, 6) is 0.163. The van der Waals surface area contributed by atoms with Gasteiger partial charge >= 0.3 is 0 Å². The number of amides is 4. The number of fused-ring (bicyclic) bond motifs is 1. The van der Waals surface area contributed by atoms with Crippen LogP contribution in [0.4, 0.5) is 5.69 Å². The van der Waals surface area contributed by atoms with E-state index >= 15 is 0 Å². The molecule has 2 N–H and O–H groups in total. The second kappa shape index (κ2) is 15.4. The molecule has 0 bridgehead atoms. The summed E-state index contributed by atoms with van der Waals surface area (Å²) in [6.45, 7) is 16.4. The van der Waals surface area contributed by atoms with Gasteiger partial charge in [-0.15, -0.1) is 5.10 Å². The molecule has 1 unspecified atom stereocenters. The van der Waals surface area contributed by atoms with Crippen molar-refractivity contribution in [1.29, 1.82) is 0 Å². The van der Waals surface area contributed by atoms with E-state index in [2.05, 4.69) is 53.5 Å². The van der Waals surface area contributed by atoms with E-state index in [1.165, 1.54) is 4.90 Å². The van der Waals surface area contributed by atoms with Crippen LogP contribution in [0.3, 0.4) is 0 Å². The van der Waals surface area contributed by atoms with Crippen molar-refractivity contribution < 1.29 is 28.7 Å². The number of nitrogens with one attached hydrogen (secondary N) is 2. The van der Waals surface area contributed by atoms with E-state index in [1.54, 1.807) is 47.1 Å². The van der Waals surface area contributed by atoms with E-state index in [0.29, 0.717) is 52.9 Å². The highest BCUT2D eigenvalue weighted by Crippen LogP contribution is 2.55. The molecule has 2 fully saturated rings. The first-order valence-corrected chi connectivity index (χ1v) is 19.2. The molecule has 290 valence electrons. The molecular formula is C42H44ClN7O6. The van der Waals surface area contributed by atoms with Crippen LogP contribution < -0.4 is 20.1 Å². The highest BCUT2D eigenvalue weighted by atomic mass is 35.5. The average molecular weight is 778 g/mol. The number of aromatic nitrogens is 3. The maximum Gasteiger partial charge on any atom is 0.255 e. The average Bonchev–Trinajstić information content (AvgIpc) is 3.78. The van der Waals surface area contributed by atoms with Gasteiger partial charge in [0, 0.05) is 41.0 Å². The molecule has 14 heteroatoms. The Kier molecular flexibility index (Phi) is 10.6. The number of unbranched alkanes of at least 4 members (excludes halogenated alkanes) is 2. The fourth-order valence-corrected chi connectivity index (χ4v) is 8.74. The SMILES string of the molecule is [C-]#[N+]c1ccc(OC2C(C)(C)C(NC(=O)c3ccc(-n4cc(CCCCCOc5ccc6c(c5)CN(C5CCC(=O)NC5=O)C6=O)nn4)cc3)C2(C)C)cc1Cl. The number of hydrogen-bond donors (Lipinski definition) is 2. The van der Waals surface area contributed by atoms with E-state index in [-0.39, 0.29) is 47.1 Å². The van der Waals surface area contributed by atoms with Crippen LogP contribution in [0, 0.1) is 17.4 Å². The number of piperidine rings is 1. The second-order valence-electron chi connectivity index (χ2n) is 15.9. The standard InChI is InChI=1S/C42H44ClN7O6/c1-41(2)39(42(3,4)40(41)56-30-15-17-33(44-5)32(43)22-30)46-36(52)25-10-12-28(13-11-25)50-24-27(47-48-50)9-7-6-8-20-55-29-14-16-31-26(21-29)23-49(38(31)54)34-18-19-35(51)45-37(34)53/h10-17,21-22,24,34,39-40H,6-9,18-20,23H2,1-4H3,(H,46,52)(H,45,51,53). The Balaban J connectivity index is 0.844. The highest BCUT2D eigenvalue weighted by Gasteiger charge is 2.64. The summed E-state index contributed by atoms with van der Waals surface area (Å²) >= 11 is 6.24. The molecule has 3 heterocycles. The van der Waals surface area contributed by atoms with Crippen LogP contribution in [0.2, 0.25) is 5.02 Å². The largest absolute Gasteiger partial charge is 0.494 e. The zero-order chi connectivity index (χ0) is 39.8. The van der Waals surface area contributed by atoms with Crippen LogP contribution in [0.1, 0.15) is 91.8 Å². The zero-order valence-corrected chi connectivity index (χ0v) is 32.6. The lowest BCUT2D eigenvalue weighted by Gasteiger charge is -2.63. The number of carbonyl (C=O) groups is 4. The van der Waals surface area contributed by atoms with Gasteiger partial charge in [0.05, 0.1) is 35.8 Å². The van der Waals surface area contributed by atoms with Crippen LogP contribution in [0.25, 0.3) is 10.5 Å². The van der Waals surface area contributed by atoms with Crippen molar-refractivity contribution in [3.63, 3.8) is 0 Å². The number of carbonyl (C=O) groups excluding carboxylic acids is 4. The summed E-state index contributed by atoms with van der Waals surface area (Å²) < 4.78 is 14.0. The van der Waals surface area contributed by atoms with Crippen LogP contribution >= 0.6 is 11.6 Å². The Morgan fingerprint density at radius 3 is 2.46 bits per heavy atom. The van der Waals surface area contributed by atoms with E-state index in [0.717, 1.165) is 42.6 Å². The minimum Gasteiger partial charge on any atom is -0.494 e. The lowest BCUT2D eigenvalue weighted by Crippen LogP contribution is -2.74. The van der Waals surface area contributed by atoms with Crippen LogP contribution in [-0.2, 0) is 22.6 Å². The third-order valence-electron chi connectivity index (χ3n) is 11.2. The van der Waals surface area contributed by atoms with Crippen molar-refractivity contribution in [2.45, 2.75) is 91.0 Å². The number of imide groups is 1. The Labute approximate surface area is 330 Å². The predicted molar refractivity (Wildman–Crippen MR) is 208 cm³/mol. The summed E-state index contributed by atoms with van der Waals surface area (Å²) in [6.07, 6.45) is 5.68. The monoisotopic (exact) mass is 777 g/mol. The minimum absolute atomic E-state index is 0.152. The van der Waals surface area contributed by atoms with Gasteiger partial charge in [-0.25, -0.2) is 9.53 Å². The molecule has 4 aromatic rings. The molecule has 1 saturated heterocycles. The van der Waals surface area contributed by atoms with Crippen LogP contribution in [0.5, 0.6) is 11.5 Å². The number of nitrogens with zero attached hydrogens (tertiary/aromatic N) is 5. The summed E-state index contributed by atoms with van der Waals surface area (Å²) in [5, 5.41) is 14.5. The lowest BCUT2D eigenvalue weighted by atomic mass is 9.49. The van der Waals surface area contributed by atoms with Crippen molar-refractivity contribution in [3.05, 3.63) is 106 Å². The van der Waals surface area contributed by atoms with Crippen LogP contribution in [0.15, 0.2) is 66.9 Å². The first-order valence-electron chi connectivity index (χ1n) is 18.8. The second-order valence-corrected chi connectivity index (χ2v) is 16.3. The molecule has 1 aromatic heterocycles. The number of benzene rings is 3. The Morgan fingerprint density at radius 2 is 1.75 bits per heavy atom. The van der Waals surface area contributed by atoms with E-state index in [4.69, 9.17) is 27.6 Å². The van der Waals surface area contributed by atoms with Gasteiger partial charge in [0.15, 0.2) is 0 Å². The third kappa shape index (κ3) is 7.58. The molecule has 2 aliphatic heterocycles. The predicted octanol–water partition coefficient (Wildman–Crippen LogP) is 6.64. The highest BCUT2D eigenvalue weighted by molar-refractivity contribution is 6.33. The van der Waals surface area contributed by atoms with E-state index < -0.39 is 11.9 Å². The molecule has 3 aromatic carbocycles. The van der Waals surface area contributed by atoms with Gasteiger partial charge in [-0.3, -0.25) is 24.5 Å². The first kappa shape index (κ1) is 38.5. The topological polar surface area (TPSA) is 149 Å². The zero-order valence-electron chi connectivity index (χ0n) is 31.8. The van der Waals surface area contributed by atoms with E-state index in [1.807, 2.05) is 24.4 Å². The molecule has 56 heavy (non-hydrogen) atoms. The summed E-state index contributed by atoms with van der Waals surface area (Å²) in [4.78, 5) is 55.1. The molecule has 0 spiro atoms. The van der Waals surface area contributed by atoms with Crippen molar-refractivity contribution in [1.82, 2.24) is 30.5 Å². The van der Waals surface area contributed by atoms with Gasteiger partial charge in [-0.2, -0.15) is 0 Å². The van der Waals surface area contributed by atoms with E-state index in [9.17, 15) is 19.2 Å². The maximum atomic E-state index is 13.4. The third-order valence-corrected chi connectivity index (χ3v) is 11.5. The summed E-state index contributed by atoms with van der Waals surface area (Å²) in [7, 11) is 0. The fraction of sp³-hybridized carbons (Fsp3) is 0.405. The van der Waals surface area contributed by atoms with Gasteiger partial charge < -0.3 is 19.7 Å². The lowest BCUT2D eigenvalue weighted by molar-refractivity contribution is -0.164. The van der Waals surface area contributed by atoms with Crippen molar-refractivity contribution in [2.75, 3.05) is 6.61 Å². The number of ether oxygens (including phenoxy) is 2. The van der Waals surface area contributed by atoms with Crippen molar-refractivity contribution in [3.8, 4) is 17.2 Å². The summed E-state index contributed by atoms with van der Waals surface area (Å²) in [5.41, 5.74) is 3.21. The Hall–Kier alpha value is -5.74. The number of rotatable bonds is 13. The number of hydrogen-bond acceptors (Lipinski definition) is 8.